The lowest BCUT2D eigenvalue weighted by molar-refractivity contribution is 0.413. The minimum Gasteiger partial charge on any atom is -0.495 e. The molecule has 0 fully saturated rings. The molecule has 0 amide bonds. The fourth-order valence-corrected chi connectivity index (χ4v) is 3.71. The van der Waals surface area contributed by atoms with Crippen molar-refractivity contribution in [1.82, 2.24) is 9.55 Å². The number of nitrogens with one attached hydrogen (secondary N) is 1. The molecule has 136 valence electrons. The van der Waals surface area contributed by atoms with Crippen LogP contribution >= 0.6 is 0 Å². The molecule has 0 bridgehead atoms. The Kier molecular flexibility index (Phi) is 4.99. The maximum Gasteiger partial charge on any atom is 0.263 e. The van der Waals surface area contributed by atoms with E-state index < -0.39 is 10.0 Å². The van der Waals surface area contributed by atoms with Crippen molar-refractivity contribution in [1.29, 1.82) is 0 Å². The summed E-state index contributed by atoms with van der Waals surface area (Å²) < 4.78 is 34.8. The topological polar surface area (TPSA) is 73.2 Å². The molecule has 3 rings (SSSR count). The van der Waals surface area contributed by atoms with Gasteiger partial charge in [0.25, 0.3) is 10.0 Å². The zero-order valence-corrected chi connectivity index (χ0v) is 15.7. The molecule has 6 nitrogen and oxygen atoms in total. The second kappa shape index (κ2) is 7.21. The summed E-state index contributed by atoms with van der Waals surface area (Å²) in [6, 6.07) is 10.8. The lowest BCUT2D eigenvalue weighted by Crippen LogP contribution is -2.12. The standard InChI is InChI=1S/C19H21N3O3S/c1-4-22-8-7-18(13-22)26(23,24)21-16-10-14(2)9-15(11-16)19-6-5-17(25-3)12-20-19/h5-13,21H,4H2,1-3H3. The van der Waals surface area contributed by atoms with Crippen molar-refractivity contribution >= 4 is 15.7 Å². The van der Waals surface area contributed by atoms with Crippen molar-refractivity contribution in [3.05, 3.63) is 60.6 Å². The first kappa shape index (κ1) is 18.0. The van der Waals surface area contributed by atoms with Gasteiger partial charge in [-0.1, -0.05) is 0 Å². The number of nitrogens with zero attached hydrogens (tertiary/aromatic N) is 2. The second-order valence-electron chi connectivity index (χ2n) is 5.95. The summed E-state index contributed by atoms with van der Waals surface area (Å²) in [5.41, 5.74) is 3.01. The molecule has 1 N–H and O–H groups in total. The largest absolute Gasteiger partial charge is 0.495 e. The fraction of sp³-hybridized carbons (Fsp3) is 0.211. The monoisotopic (exact) mass is 371 g/mol. The van der Waals surface area contributed by atoms with Crippen molar-refractivity contribution in [2.75, 3.05) is 11.8 Å². The number of sulfonamides is 1. The van der Waals surface area contributed by atoms with E-state index in [4.69, 9.17) is 4.74 Å². The van der Waals surface area contributed by atoms with Crippen LogP contribution < -0.4 is 9.46 Å². The summed E-state index contributed by atoms with van der Waals surface area (Å²) >= 11 is 0. The van der Waals surface area contributed by atoms with Crippen LogP contribution in [-0.2, 0) is 16.6 Å². The third-order valence-electron chi connectivity index (χ3n) is 4.00. The highest BCUT2D eigenvalue weighted by Crippen LogP contribution is 2.26. The lowest BCUT2D eigenvalue weighted by Gasteiger charge is -2.10. The number of pyridine rings is 1. The van der Waals surface area contributed by atoms with Gasteiger partial charge >= 0.3 is 0 Å². The predicted molar refractivity (Wildman–Crippen MR) is 102 cm³/mol. The van der Waals surface area contributed by atoms with Gasteiger partial charge in [0.05, 0.1) is 19.0 Å². The van der Waals surface area contributed by atoms with Crippen molar-refractivity contribution in [3.63, 3.8) is 0 Å². The first-order valence-corrected chi connectivity index (χ1v) is 9.70. The van der Waals surface area contributed by atoms with Crippen LogP contribution in [0.1, 0.15) is 12.5 Å². The minimum absolute atomic E-state index is 0.241. The molecule has 0 spiro atoms. The van der Waals surface area contributed by atoms with Crippen LogP contribution in [0.2, 0.25) is 0 Å². The summed E-state index contributed by atoms with van der Waals surface area (Å²) in [5.74, 6) is 0.669. The average molecular weight is 371 g/mol. The summed E-state index contributed by atoms with van der Waals surface area (Å²) in [4.78, 5) is 4.61. The van der Waals surface area contributed by atoms with E-state index in [1.807, 2.05) is 36.6 Å². The summed E-state index contributed by atoms with van der Waals surface area (Å²) in [7, 11) is -2.05. The minimum atomic E-state index is -3.64. The molecule has 0 saturated heterocycles. The molecule has 3 aromatic rings. The van der Waals surface area contributed by atoms with E-state index >= 15 is 0 Å². The number of methoxy groups -OCH3 is 1. The van der Waals surface area contributed by atoms with Crippen molar-refractivity contribution in [3.8, 4) is 17.0 Å². The van der Waals surface area contributed by atoms with Crippen LogP contribution in [0, 0.1) is 6.92 Å². The smallest absolute Gasteiger partial charge is 0.263 e. The first-order valence-electron chi connectivity index (χ1n) is 8.22. The van der Waals surface area contributed by atoms with Gasteiger partial charge in [0.1, 0.15) is 10.6 Å². The Balaban J connectivity index is 1.91. The molecule has 0 unspecified atom stereocenters. The van der Waals surface area contributed by atoms with E-state index in [0.29, 0.717) is 18.0 Å². The highest BCUT2D eigenvalue weighted by atomic mass is 32.2. The molecule has 0 radical (unpaired) electrons. The van der Waals surface area contributed by atoms with Gasteiger partial charge < -0.3 is 9.30 Å². The second-order valence-corrected chi connectivity index (χ2v) is 7.64. The highest BCUT2D eigenvalue weighted by Gasteiger charge is 2.16. The van der Waals surface area contributed by atoms with Crippen LogP contribution in [0.15, 0.2) is 59.9 Å². The molecule has 0 atom stereocenters. The van der Waals surface area contributed by atoms with Crippen molar-refractivity contribution in [2.24, 2.45) is 0 Å². The number of ether oxygens (including phenoxy) is 1. The Morgan fingerprint density at radius 1 is 1.19 bits per heavy atom. The average Bonchev–Trinajstić information content (AvgIpc) is 3.11. The Bertz CT molecular complexity index is 1010. The summed E-state index contributed by atoms with van der Waals surface area (Å²) in [6.07, 6.45) is 5.00. The molecule has 2 heterocycles. The van der Waals surface area contributed by atoms with E-state index in [2.05, 4.69) is 9.71 Å². The molecule has 1 aromatic carbocycles. The number of aromatic nitrogens is 2. The zero-order valence-electron chi connectivity index (χ0n) is 14.9. The third kappa shape index (κ3) is 3.88. The quantitative estimate of drug-likeness (QED) is 0.717. The SMILES string of the molecule is CCn1ccc(S(=O)(=O)Nc2cc(C)cc(-c3ccc(OC)cn3)c2)c1. The normalized spacial score (nSPS) is 11.3. The van der Waals surface area contributed by atoms with Gasteiger partial charge in [-0.25, -0.2) is 8.42 Å². The van der Waals surface area contributed by atoms with Crippen LogP contribution in [-0.4, -0.2) is 25.1 Å². The molecule has 0 aliphatic carbocycles. The third-order valence-corrected chi connectivity index (χ3v) is 5.36. The first-order chi connectivity index (χ1) is 12.4. The Labute approximate surface area is 153 Å². The Morgan fingerprint density at radius 3 is 2.62 bits per heavy atom. The number of hydrogen-bond donors (Lipinski definition) is 1. The number of aryl methyl sites for hydroxylation is 2. The van der Waals surface area contributed by atoms with Gasteiger partial charge in [-0.05, 0) is 55.8 Å². The van der Waals surface area contributed by atoms with Gasteiger partial charge in [-0.3, -0.25) is 9.71 Å². The fourth-order valence-electron chi connectivity index (χ4n) is 2.65. The van der Waals surface area contributed by atoms with Crippen molar-refractivity contribution in [2.45, 2.75) is 25.3 Å². The maximum atomic E-state index is 12.6. The summed E-state index contributed by atoms with van der Waals surface area (Å²) in [6.45, 7) is 4.59. The molecular formula is C19H21N3O3S. The van der Waals surface area contributed by atoms with Gasteiger partial charge in [0.15, 0.2) is 0 Å². The van der Waals surface area contributed by atoms with Crippen LogP contribution in [0.25, 0.3) is 11.3 Å². The molecular weight excluding hydrogens is 350 g/mol. The van der Waals surface area contributed by atoms with E-state index in [-0.39, 0.29) is 4.90 Å². The van der Waals surface area contributed by atoms with Crippen LogP contribution in [0.5, 0.6) is 5.75 Å². The number of hydrogen-bond acceptors (Lipinski definition) is 4. The molecule has 2 aromatic heterocycles. The van der Waals surface area contributed by atoms with Gasteiger partial charge in [-0.2, -0.15) is 0 Å². The van der Waals surface area contributed by atoms with Crippen LogP contribution in [0.4, 0.5) is 5.69 Å². The molecule has 0 saturated carbocycles. The molecule has 26 heavy (non-hydrogen) atoms. The Hall–Kier alpha value is -2.80. The van der Waals surface area contributed by atoms with Gasteiger partial charge in [-0.15, -0.1) is 0 Å². The highest BCUT2D eigenvalue weighted by molar-refractivity contribution is 7.92. The maximum absolute atomic E-state index is 12.6. The molecule has 0 aliphatic rings. The van der Waals surface area contributed by atoms with Gasteiger partial charge in [0, 0.05) is 30.2 Å². The van der Waals surface area contributed by atoms with E-state index in [0.717, 1.165) is 16.8 Å². The molecule has 0 aliphatic heterocycles. The van der Waals surface area contributed by atoms with Gasteiger partial charge in [0.2, 0.25) is 0 Å². The van der Waals surface area contributed by atoms with Crippen molar-refractivity contribution < 1.29 is 13.2 Å². The van der Waals surface area contributed by atoms with E-state index in [9.17, 15) is 8.42 Å². The zero-order chi connectivity index (χ0) is 18.7. The number of benzene rings is 1. The Morgan fingerprint density at radius 2 is 2.00 bits per heavy atom. The lowest BCUT2D eigenvalue weighted by atomic mass is 10.1. The number of rotatable bonds is 6. The van der Waals surface area contributed by atoms with E-state index in [1.54, 1.807) is 43.9 Å². The molecule has 7 heteroatoms. The van der Waals surface area contributed by atoms with Crippen LogP contribution in [0.3, 0.4) is 0 Å². The summed E-state index contributed by atoms with van der Waals surface area (Å²) in [5, 5.41) is 0. The predicted octanol–water partition coefficient (Wildman–Crippen LogP) is 3.69. The van der Waals surface area contributed by atoms with E-state index in [1.165, 1.54) is 0 Å². The number of anilines is 1.